The fourth-order valence-electron chi connectivity index (χ4n) is 3.17. The van der Waals surface area contributed by atoms with Crippen molar-refractivity contribution in [2.45, 2.75) is 32.7 Å². The first-order valence-electron chi connectivity index (χ1n) is 6.03. The van der Waals surface area contributed by atoms with Crippen LogP contribution < -0.4 is 0 Å². The number of allylic oxidation sites excluding steroid dienone is 1. The number of carboxylic acid groups (broad SMARTS) is 2. The number of rotatable bonds is 4. The van der Waals surface area contributed by atoms with E-state index in [1.807, 2.05) is 0 Å². The summed E-state index contributed by atoms with van der Waals surface area (Å²) in [5, 5.41) is 19.0. The van der Waals surface area contributed by atoms with Crippen molar-refractivity contribution in [3.8, 4) is 0 Å². The van der Waals surface area contributed by atoms with Crippen molar-refractivity contribution in [2.24, 2.45) is 10.8 Å². The Morgan fingerprint density at radius 3 is 2.22 bits per heavy atom. The number of aliphatic carboxylic acids is 2. The van der Waals surface area contributed by atoms with E-state index in [9.17, 15) is 19.8 Å². The first kappa shape index (κ1) is 14.7. The zero-order valence-corrected chi connectivity index (χ0v) is 11.3. The third-order valence-electron chi connectivity index (χ3n) is 4.04. The van der Waals surface area contributed by atoms with Crippen LogP contribution in [0.4, 0.5) is 0 Å². The van der Waals surface area contributed by atoms with Crippen molar-refractivity contribution in [2.75, 3.05) is 14.1 Å². The van der Waals surface area contributed by atoms with Gasteiger partial charge >= 0.3 is 11.9 Å². The van der Waals surface area contributed by atoms with Crippen molar-refractivity contribution in [3.63, 3.8) is 0 Å². The van der Waals surface area contributed by atoms with Gasteiger partial charge in [0.25, 0.3) is 0 Å². The molecule has 1 aliphatic carbocycles. The average molecular weight is 255 g/mol. The van der Waals surface area contributed by atoms with Crippen molar-refractivity contribution in [1.29, 1.82) is 0 Å². The van der Waals surface area contributed by atoms with Gasteiger partial charge in [-0.1, -0.05) is 19.1 Å². The number of carboxylic acids is 2. The topological polar surface area (TPSA) is 77.8 Å². The van der Waals surface area contributed by atoms with Gasteiger partial charge in [0.1, 0.15) is 5.41 Å². The standard InChI is InChI=1S/C13H21NO4/c1-5-13(11(17)18)8-6-7-12(2,10(15)16)9(13)14(3)4/h6,8-9H,5,7H2,1-4H3,(H,15,16)(H,17,18). The van der Waals surface area contributed by atoms with Crippen LogP contribution in [0.25, 0.3) is 0 Å². The Labute approximate surface area is 107 Å². The summed E-state index contributed by atoms with van der Waals surface area (Å²) in [6, 6.07) is -0.574. The molecule has 0 saturated carbocycles. The van der Waals surface area contributed by atoms with Gasteiger partial charge in [-0.05, 0) is 33.9 Å². The Kier molecular flexibility index (Phi) is 3.86. The van der Waals surface area contributed by atoms with Crippen molar-refractivity contribution in [3.05, 3.63) is 12.2 Å². The van der Waals surface area contributed by atoms with Crippen LogP contribution in [0.2, 0.25) is 0 Å². The molecule has 1 rings (SSSR count). The number of hydrogen-bond donors (Lipinski definition) is 2. The molecule has 3 unspecified atom stereocenters. The van der Waals surface area contributed by atoms with Crippen LogP contribution >= 0.6 is 0 Å². The summed E-state index contributed by atoms with van der Waals surface area (Å²) < 4.78 is 0. The van der Waals surface area contributed by atoms with Gasteiger partial charge < -0.3 is 15.1 Å². The van der Waals surface area contributed by atoms with Crippen LogP contribution in [0.5, 0.6) is 0 Å². The molecular formula is C13H21NO4. The summed E-state index contributed by atoms with van der Waals surface area (Å²) in [5.74, 6) is -1.92. The molecule has 18 heavy (non-hydrogen) atoms. The SMILES string of the molecule is CCC1(C(=O)O)C=CCC(C)(C(=O)O)C1N(C)C. The first-order chi connectivity index (χ1) is 8.22. The fourth-order valence-corrected chi connectivity index (χ4v) is 3.17. The van der Waals surface area contributed by atoms with Gasteiger partial charge in [-0.15, -0.1) is 0 Å². The predicted octanol–water partition coefficient (Wildman–Crippen LogP) is 1.45. The summed E-state index contributed by atoms with van der Waals surface area (Å²) in [4.78, 5) is 24.9. The van der Waals surface area contributed by atoms with E-state index >= 15 is 0 Å². The van der Waals surface area contributed by atoms with Crippen LogP contribution in [0, 0.1) is 10.8 Å². The van der Waals surface area contributed by atoms with E-state index in [0.717, 1.165) is 0 Å². The molecule has 0 fully saturated rings. The summed E-state index contributed by atoms with van der Waals surface area (Å²) >= 11 is 0. The highest BCUT2D eigenvalue weighted by atomic mass is 16.4. The molecule has 5 heteroatoms. The Morgan fingerprint density at radius 2 is 1.89 bits per heavy atom. The average Bonchev–Trinajstić information content (AvgIpc) is 2.27. The summed E-state index contributed by atoms with van der Waals surface area (Å²) in [6.07, 6.45) is 4.06. The Morgan fingerprint density at radius 1 is 1.33 bits per heavy atom. The van der Waals surface area contributed by atoms with Crippen molar-refractivity contribution < 1.29 is 19.8 Å². The van der Waals surface area contributed by atoms with Gasteiger partial charge in [0.15, 0.2) is 0 Å². The van der Waals surface area contributed by atoms with Gasteiger partial charge in [-0.3, -0.25) is 9.59 Å². The normalized spacial score (nSPS) is 35.7. The second-order valence-corrected chi connectivity index (χ2v) is 5.39. The molecule has 0 aromatic rings. The fraction of sp³-hybridized carbons (Fsp3) is 0.692. The second kappa shape index (κ2) is 4.72. The number of hydrogen-bond acceptors (Lipinski definition) is 3. The van der Waals surface area contributed by atoms with Crippen LogP contribution in [-0.4, -0.2) is 47.2 Å². The molecule has 0 aromatic carbocycles. The largest absolute Gasteiger partial charge is 0.481 e. The van der Waals surface area contributed by atoms with Gasteiger partial charge in [0.2, 0.25) is 0 Å². The van der Waals surface area contributed by atoms with Gasteiger partial charge in [-0.2, -0.15) is 0 Å². The number of carbonyl (C=O) groups is 2. The van der Waals surface area contributed by atoms with Crippen molar-refractivity contribution in [1.82, 2.24) is 4.90 Å². The molecular weight excluding hydrogens is 234 g/mol. The Hall–Kier alpha value is -1.36. The van der Waals surface area contributed by atoms with E-state index in [4.69, 9.17) is 0 Å². The highest BCUT2D eigenvalue weighted by Gasteiger charge is 2.57. The lowest BCUT2D eigenvalue weighted by molar-refractivity contribution is -0.164. The third kappa shape index (κ3) is 1.92. The molecule has 2 N–H and O–H groups in total. The van der Waals surface area contributed by atoms with E-state index in [0.29, 0.717) is 12.8 Å². The van der Waals surface area contributed by atoms with E-state index in [-0.39, 0.29) is 0 Å². The third-order valence-corrected chi connectivity index (χ3v) is 4.04. The lowest BCUT2D eigenvalue weighted by atomic mass is 9.60. The van der Waals surface area contributed by atoms with E-state index < -0.39 is 28.8 Å². The van der Waals surface area contributed by atoms with Crippen LogP contribution in [-0.2, 0) is 9.59 Å². The summed E-state index contributed by atoms with van der Waals surface area (Å²) in [5.41, 5.74) is -2.23. The minimum absolute atomic E-state index is 0.347. The van der Waals surface area contributed by atoms with E-state index in [1.54, 1.807) is 45.0 Å². The molecule has 102 valence electrons. The predicted molar refractivity (Wildman–Crippen MR) is 67.3 cm³/mol. The molecule has 0 amide bonds. The molecule has 0 aliphatic heterocycles. The van der Waals surface area contributed by atoms with Gasteiger partial charge in [0, 0.05) is 6.04 Å². The maximum absolute atomic E-state index is 11.7. The zero-order chi connectivity index (χ0) is 14.1. The zero-order valence-electron chi connectivity index (χ0n) is 11.3. The molecule has 0 spiro atoms. The Bertz CT molecular complexity index is 390. The van der Waals surface area contributed by atoms with Gasteiger partial charge in [-0.25, -0.2) is 0 Å². The molecule has 5 nitrogen and oxygen atoms in total. The minimum Gasteiger partial charge on any atom is -0.481 e. The van der Waals surface area contributed by atoms with Gasteiger partial charge in [0.05, 0.1) is 5.41 Å². The number of nitrogens with zero attached hydrogens (tertiary/aromatic N) is 1. The van der Waals surface area contributed by atoms with Crippen LogP contribution in [0.3, 0.4) is 0 Å². The van der Waals surface area contributed by atoms with E-state index in [1.165, 1.54) is 0 Å². The summed E-state index contributed by atoms with van der Waals surface area (Å²) in [7, 11) is 3.47. The molecule has 0 saturated heterocycles. The minimum atomic E-state index is -1.14. The maximum atomic E-state index is 11.7. The van der Waals surface area contributed by atoms with Crippen LogP contribution in [0.1, 0.15) is 26.7 Å². The molecule has 0 bridgehead atoms. The molecule has 0 aromatic heterocycles. The first-order valence-corrected chi connectivity index (χ1v) is 6.03. The quantitative estimate of drug-likeness (QED) is 0.743. The Balaban J connectivity index is 3.44. The molecule has 0 heterocycles. The van der Waals surface area contributed by atoms with Crippen LogP contribution in [0.15, 0.2) is 12.2 Å². The lowest BCUT2D eigenvalue weighted by Crippen LogP contribution is -2.60. The van der Waals surface area contributed by atoms with Crippen molar-refractivity contribution >= 4 is 11.9 Å². The molecule has 3 atom stereocenters. The van der Waals surface area contributed by atoms with E-state index in [2.05, 4.69) is 0 Å². The lowest BCUT2D eigenvalue weighted by Gasteiger charge is -2.49. The summed E-state index contributed by atoms with van der Waals surface area (Å²) in [6.45, 7) is 3.40. The second-order valence-electron chi connectivity index (χ2n) is 5.39. The maximum Gasteiger partial charge on any atom is 0.315 e. The highest BCUT2D eigenvalue weighted by molar-refractivity contribution is 5.83. The highest BCUT2D eigenvalue weighted by Crippen LogP contribution is 2.47. The molecule has 0 radical (unpaired) electrons. The smallest absolute Gasteiger partial charge is 0.315 e. The monoisotopic (exact) mass is 255 g/mol. The molecule has 1 aliphatic rings.